The fraction of sp³-hybridized carbons (Fsp3) is 0.500. The van der Waals surface area contributed by atoms with Gasteiger partial charge in [0.2, 0.25) is 17.4 Å². The van der Waals surface area contributed by atoms with Gasteiger partial charge in [-0.05, 0) is 12.8 Å². The van der Waals surface area contributed by atoms with E-state index in [0.717, 1.165) is 0 Å². The van der Waals surface area contributed by atoms with Crippen molar-refractivity contribution in [1.82, 2.24) is 4.98 Å². The Hall–Kier alpha value is -1.33. The van der Waals surface area contributed by atoms with Crippen LogP contribution in [0.1, 0.15) is 20.8 Å². The Morgan fingerprint density at radius 3 is 1.75 bits per heavy atom. The van der Waals surface area contributed by atoms with Crippen LogP contribution in [0.3, 0.4) is 0 Å². The maximum atomic E-state index is 13.1. The molecule has 1 rings (SSSR count). The summed E-state index contributed by atoms with van der Waals surface area (Å²) in [5.74, 6) is -7.79. The van der Waals surface area contributed by atoms with Crippen molar-refractivity contribution in [1.29, 1.82) is 0 Å². The number of halogens is 4. The molecule has 0 aliphatic rings. The molecule has 0 aliphatic carbocycles. The van der Waals surface area contributed by atoms with Crippen LogP contribution < -0.4 is 4.74 Å². The van der Waals surface area contributed by atoms with E-state index in [9.17, 15) is 17.6 Å². The SMILES string of the molecule is CC(C)C(C)Oc1c(F)c(F)nc(F)c1F. The van der Waals surface area contributed by atoms with E-state index < -0.39 is 35.4 Å². The first-order valence-corrected chi connectivity index (χ1v) is 4.71. The summed E-state index contributed by atoms with van der Waals surface area (Å²) in [6, 6.07) is 0. The lowest BCUT2D eigenvalue weighted by atomic mass is 10.1. The van der Waals surface area contributed by atoms with Gasteiger partial charge in [0, 0.05) is 0 Å². The molecule has 90 valence electrons. The number of pyridine rings is 1. The van der Waals surface area contributed by atoms with E-state index in [1.54, 1.807) is 20.8 Å². The molecule has 0 bridgehead atoms. The van der Waals surface area contributed by atoms with Crippen molar-refractivity contribution >= 4 is 0 Å². The number of nitrogens with zero attached hydrogens (tertiary/aromatic N) is 1. The Morgan fingerprint density at radius 1 is 0.938 bits per heavy atom. The molecular formula is C10H11F4NO. The molecular weight excluding hydrogens is 226 g/mol. The Kier molecular flexibility index (Phi) is 3.72. The summed E-state index contributed by atoms with van der Waals surface area (Å²) in [5, 5.41) is 0. The van der Waals surface area contributed by atoms with Crippen LogP contribution in [0.2, 0.25) is 0 Å². The van der Waals surface area contributed by atoms with E-state index in [0.29, 0.717) is 0 Å². The van der Waals surface area contributed by atoms with Crippen LogP contribution in [0.15, 0.2) is 0 Å². The quantitative estimate of drug-likeness (QED) is 0.595. The summed E-state index contributed by atoms with van der Waals surface area (Å²) in [4.78, 5) is 2.42. The zero-order valence-corrected chi connectivity index (χ0v) is 9.02. The molecule has 0 aliphatic heterocycles. The van der Waals surface area contributed by atoms with E-state index >= 15 is 0 Å². The lowest BCUT2D eigenvalue weighted by molar-refractivity contribution is 0.150. The van der Waals surface area contributed by atoms with Crippen molar-refractivity contribution in [3.63, 3.8) is 0 Å². The van der Waals surface area contributed by atoms with Gasteiger partial charge in [0.05, 0.1) is 6.10 Å². The van der Waals surface area contributed by atoms with Gasteiger partial charge in [-0.25, -0.2) is 0 Å². The van der Waals surface area contributed by atoms with Gasteiger partial charge in [0.15, 0.2) is 0 Å². The van der Waals surface area contributed by atoms with E-state index in [2.05, 4.69) is 4.98 Å². The highest BCUT2D eigenvalue weighted by atomic mass is 19.2. The van der Waals surface area contributed by atoms with Crippen molar-refractivity contribution in [2.75, 3.05) is 0 Å². The molecule has 0 N–H and O–H groups in total. The van der Waals surface area contributed by atoms with Crippen molar-refractivity contribution in [2.24, 2.45) is 5.92 Å². The molecule has 2 nitrogen and oxygen atoms in total. The molecule has 0 aromatic carbocycles. The average Bonchev–Trinajstić information content (AvgIpc) is 2.21. The summed E-state index contributed by atoms with van der Waals surface area (Å²) in [7, 11) is 0. The molecule has 1 unspecified atom stereocenters. The minimum Gasteiger partial charge on any atom is -0.484 e. The summed E-state index contributed by atoms with van der Waals surface area (Å²) in [6.45, 7) is 5.03. The standard InChI is InChI=1S/C10H11F4NO/c1-4(2)5(3)16-8-6(11)9(13)15-10(14)7(8)12/h4-5H,1-3H3. The Balaban J connectivity index is 3.12. The lowest BCUT2D eigenvalue weighted by Gasteiger charge is -2.18. The zero-order valence-electron chi connectivity index (χ0n) is 9.02. The lowest BCUT2D eigenvalue weighted by Crippen LogP contribution is -2.21. The van der Waals surface area contributed by atoms with E-state index in [1.165, 1.54) is 0 Å². The largest absolute Gasteiger partial charge is 0.484 e. The maximum absolute atomic E-state index is 13.1. The normalized spacial score (nSPS) is 13.0. The number of hydrogen-bond acceptors (Lipinski definition) is 2. The van der Waals surface area contributed by atoms with Gasteiger partial charge >= 0.3 is 0 Å². The van der Waals surface area contributed by atoms with Crippen molar-refractivity contribution in [3.8, 4) is 5.75 Å². The second kappa shape index (κ2) is 4.67. The molecule has 1 atom stereocenters. The summed E-state index contributed by atoms with van der Waals surface area (Å²) in [6.07, 6.45) is -0.579. The van der Waals surface area contributed by atoms with Gasteiger partial charge in [-0.15, -0.1) is 0 Å². The van der Waals surface area contributed by atoms with Gasteiger partial charge in [0.1, 0.15) is 0 Å². The summed E-state index contributed by atoms with van der Waals surface area (Å²) in [5.41, 5.74) is 0. The van der Waals surface area contributed by atoms with Crippen LogP contribution in [0, 0.1) is 29.4 Å². The second-order valence-electron chi connectivity index (χ2n) is 3.72. The van der Waals surface area contributed by atoms with Gasteiger partial charge in [-0.2, -0.15) is 22.5 Å². The monoisotopic (exact) mass is 237 g/mol. The number of hydrogen-bond donors (Lipinski definition) is 0. The van der Waals surface area contributed by atoms with Gasteiger partial charge in [0.25, 0.3) is 11.9 Å². The van der Waals surface area contributed by atoms with E-state index in [4.69, 9.17) is 4.74 Å². The van der Waals surface area contributed by atoms with Crippen LogP contribution >= 0.6 is 0 Å². The molecule has 0 spiro atoms. The van der Waals surface area contributed by atoms with Gasteiger partial charge < -0.3 is 4.74 Å². The third-order valence-electron chi connectivity index (χ3n) is 2.20. The number of ether oxygens (including phenoxy) is 1. The van der Waals surface area contributed by atoms with Crippen LogP contribution in [-0.4, -0.2) is 11.1 Å². The number of aromatic nitrogens is 1. The van der Waals surface area contributed by atoms with Crippen LogP contribution in [0.5, 0.6) is 5.75 Å². The van der Waals surface area contributed by atoms with Crippen molar-refractivity contribution < 1.29 is 22.3 Å². The Bertz CT molecular complexity index is 369. The molecule has 16 heavy (non-hydrogen) atoms. The topological polar surface area (TPSA) is 22.1 Å². The smallest absolute Gasteiger partial charge is 0.255 e. The first-order chi connectivity index (χ1) is 7.34. The fourth-order valence-corrected chi connectivity index (χ4v) is 0.894. The molecule has 0 radical (unpaired) electrons. The summed E-state index contributed by atoms with van der Waals surface area (Å²) < 4.78 is 56.4. The second-order valence-corrected chi connectivity index (χ2v) is 3.72. The molecule has 1 aromatic rings. The van der Waals surface area contributed by atoms with Crippen LogP contribution in [0.4, 0.5) is 17.6 Å². The minimum atomic E-state index is -1.72. The van der Waals surface area contributed by atoms with Crippen molar-refractivity contribution in [3.05, 3.63) is 23.5 Å². The third kappa shape index (κ3) is 2.43. The van der Waals surface area contributed by atoms with Gasteiger partial charge in [-0.1, -0.05) is 13.8 Å². The predicted octanol–water partition coefficient (Wildman–Crippen LogP) is 3.06. The number of rotatable bonds is 3. The molecule has 0 fully saturated rings. The first kappa shape index (κ1) is 12.7. The molecule has 1 heterocycles. The predicted molar refractivity (Wildman–Crippen MR) is 49.0 cm³/mol. The van der Waals surface area contributed by atoms with Gasteiger partial charge in [-0.3, -0.25) is 0 Å². The molecule has 0 saturated heterocycles. The highest BCUT2D eigenvalue weighted by molar-refractivity contribution is 5.24. The third-order valence-corrected chi connectivity index (χ3v) is 2.20. The molecule has 0 saturated carbocycles. The maximum Gasteiger partial charge on any atom is 0.255 e. The molecule has 1 aromatic heterocycles. The Morgan fingerprint density at radius 2 is 1.38 bits per heavy atom. The van der Waals surface area contributed by atoms with Crippen molar-refractivity contribution in [2.45, 2.75) is 26.9 Å². The summed E-state index contributed by atoms with van der Waals surface area (Å²) >= 11 is 0. The molecule has 0 amide bonds. The fourth-order valence-electron chi connectivity index (χ4n) is 0.894. The average molecular weight is 237 g/mol. The highest BCUT2D eigenvalue weighted by Crippen LogP contribution is 2.26. The van der Waals surface area contributed by atoms with E-state index in [-0.39, 0.29) is 5.92 Å². The Labute approximate surface area is 90.3 Å². The highest BCUT2D eigenvalue weighted by Gasteiger charge is 2.24. The minimum absolute atomic E-state index is 0.0573. The zero-order chi connectivity index (χ0) is 12.5. The van der Waals surface area contributed by atoms with Crippen LogP contribution in [0.25, 0.3) is 0 Å². The van der Waals surface area contributed by atoms with Crippen LogP contribution in [-0.2, 0) is 0 Å². The van der Waals surface area contributed by atoms with E-state index in [1.807, 2.05) is 0 Å². The molecule has 6 heteroatoms. The first-order valence-electron chi connectivity index (χ1n) is 4.71.